The van der Waals surface area contributed by atoms with Gasteiger partial charge in [0.05, 0.1) is 12.7 Å². The highest BCUT2D eigenvalue weighted by Crippen LogP contribution is 2.44. The van der Waals surface area contributed by atoms with E-state index >= 15 is 0 Å². The fourth-order valence-electron chi connectivity index (χ4n) is 4.03. The van der Waals surface area contributed by atoms with E-state index in [1.54, 1.807) is 18.2 Å². The van der Waals surface area contributed by atoms with Gasteiger partial charge in [0.1, 0.15) is 18.2 Å². The first-order valence-electron chi connectivity index (χ1n) is 10.3. The molecule has 0 amide bonds. The lowest BCUT2D eigenvalue weighted by molar-refractivity contribution is 0.0600. The van der Waals surface area contributed by atoms with E-state index < -0.39 is 5.97 Å². The monoisotopic (exact) mass is 495 g/mol. The van der Waals surface area contributed by atoms with E-state index in [1.165, 1.54) is 24.8 Å². The van der Waals surface area contributed by atoms with Gasteiger partial charge in [0, 0.05) is 15.7 Å². The average molecular weight is 496 g/mol. The van der Waals surface area contributed by atoms with Crippen LogP contribution in [-0.2, 0) is 11.3 Å². The third-order valence-electron chi connectivity index (χ3n) is 5.52. The molecule has 4 rings (SSSR count). The third-order valence-corrected chi connectivity index (χ3v) is 6.01. The van der Waals surface area contributed by atoms with Crippen molar-refractivity contribution in [1.82, 2.24) is 0 Å². The number of hydrogen-bond donors (Lipinski definition) is 1. The van der Waals surface area contributed by atoms with E-state index in [-0.39, 0.29) is 5.82 Å². The molecule has 0 atom stereocenters. The van der Waals surface area contributed by atoms with E-state index in [4.69, 9.17) is 15.2 Å². The quantitative estimate of drug-likeness (QED) is 0.307. The standard InChI is InChI=1S/C26H23BrFNO3/c1-31-26(30)18-11-17(12-21(29)13-18)22-3-2-4-23(22)24-14-19(27)7-10-25(24)32-15-16-5-8-20(28)9-6-16/h5-14H,2-4,15,29H2,1H3. The zero-order chi connectivity index (χ0) is 22.7. The first-order chi connectivity index (χ1) is 15.4. The maximum atomic E-state index is 13.2. The molecule has 4 nitrogen and oxygen atoms in total. The second-order valence-corrected chi connectivity index (χ2v) is 8.62. The molecule has 0 aliphatic heterocycles. The lowest BCUT2D eigenvalue weighted by Crippen LogP contribution is -2.03. The van der Waals surface area contributed by atoms with Crippen LogP contribution in [0.25, 0.3) is 11.1 Å². The van der Waals surface area contributed by atoms with Crippen molar-refractivity contribution >= 4 is 38.7 Å². The van der Waals surface area contributed by atoms with E-state index in [2.05, 4.69) is 15.9 Å². The first kappa shape index (κ1) is 22.1. The fraction of sp³-hybridized carbons (Fsp3) is 0.192. The second-order valence-electron chi connectivity index (χ2n) is 7.70. The number of esters is 1. The van der Waals surface area contributed by atoms with Crippen LogP contribution in [0.3, 0.4) is 0 Å². The molecule has 3 aromatic rings. The number of ether oxygens (including phenoxy) is 2. The van der Waals surface area contributed by atoms with Gasteiger partial charge in [-0.25, -0.2) is 9.18 Å². The van der Waals surface area contributed by atoms with Gasteiger partial charge in [-0.2, -0.15) is 0 Å². The summed E-state index contributed by atoms with van der Waals surface area (Å²) in [5.74, 6) is 0.0702. The molecule has 6 heteroatoms. The van der Waals surface area contributed by atoms with Crippen LogP contribution in [0.5, 0.6) is 5.75 Å². The number of allylic oxidation sites excluding steroid dienone is 2. The van der Waals surface area contributed by atoms with Crippen LogP contribution in [0.2, 0.25) is 0 Å². The Bertz CT molecular complexity index is 1190. The Hall–Kier alpha value is -3.12. The van der Waals surface area contributed by atoms with Crippen molar-refractivity contribution in [1.29, 1.82) is 0 Å². The number of nitrogens with two attached hydrogens (primary N) is 1. The Kier molecular flexibility index (Phi) is 6.61. The minimum absolute atomic E-state index is 0.271. The van der Waals surface area contributed by atoms with E-state index in [9.17, 15) is 9.18 Å². The van der Waals surface area contributed by atoms with Crippen LogP contribution in [0.15, 0.2) is 65.1 Å². The molecule has 32 heavy (non-hydrogen) atoms. The van der Waals surface area contributed by atoms with Gasteiger partial charge in [0.15, 0.2) is 0 Å². The fourth-order valence-corrected chi connectivity index (χ4v) is 4.39. The number of carbonyl (C=O) groups excluding carboxylic acids is 1. The Morgan fingerprint density at radius 2 is 1.78 bits per heavy atom. The summed E-state index contributed by atoms with van der Waals surface area (Å²) in [6.07, 6.45) is 2.77. The van der Waals surface area contributed by atoms with Gasteiger partial charge in [-0.05, 0) is 90.1 Å². The van der Waals surface area contributed by atoms with Crippen LogP contribution in [0, 0.1) is 5.82 Å². The summed E-state index contributed by atoms with van der Waals surface area (Å²) in [6, 6.07) is 17.6. The van der Waals surface area contributed by atoms with Crippen molar-refractivity contribution in [2.24, 2.45) is 0 Å². The summed E-state index contributed by atoms with van der Waals surface area (Å²) < 4.78 is 25.2. The minimum atomic E-state index is -0.413. The second kappa shape index (κ2) is 9.57. The average Bonchev–Trinajstić information content (AvgIpc) is 3.28. The Labute approximate surface area is 195 Å². The minimum Gasteiger partial charge on any atom is -0.488 e. The predicted molar refractivity (Wildman–Crippen MR) is 128 cm³/mol. The largest absolute Gasteiger partial charge is 0.488 e. The molecule has 164 valence electrons. The highest BCUT2D eigenvalue weighted by Gasteiger charge is 2.22. The number of benzene rings is 3. The Balaban J connectivity index is 1.72. The van der Waals surface area contributed by atoms with Crippen LogP contribution in [-0.4, -0.2) is 13.1 Å². The molecule has 0 bridgehead atoms. The van der Waals surface area contributed by atoms with Crippen molar-refractivity contribution in [3.05, 3.63) is 93.2 Å². The lowest BCUT2D eigenvalue weighted by Gasteiger charge is -2.16. The van der Waals surface area contributed by atoms with Crippen molar-refractivity contribution in [3.8, 4) is 5.75 Å². The zero-order valence-electron chi connectivity index (χ0n) is 17.7. The van der Waals surface area contributed by atoms with Gasteiger partial charge in [-0.3, -0.25) is 0 Å². The lowest BCUT2D eigenvalue weighted by atomic mass is 9.95. The molecule has 1 aliphatic carbocycles. The summed E-state index contributed by atoms with van der Waals surface area (Å²) >= 11 is 3.57. The molecule has 0 saturated carbocycles. The molecule has 3 aromatic carbocycles. The van der Waals surface area contributed by atoms with Gasteiger partial charge >= 0.3 is 5.97 Å². The Morgan fingerprint density at radius 3 is 2.53 bits per heavy atom. The van der Waals surface area contributed by atoms with Crippen LogP contribution in [0.4, 0.5) is 10.1 Å². The SMILES string of the molecule is COC(=O)c1cc(N)cc(C2=C(c3cc(Br)ccc3OCc3ccc(F)cc3)CCC2)c1. The van der Waals surface area contributed by atoms with Gasteiger partial charge in [0.25, 0.3) is 0 Å². The van der Waals surface area contributed by atoms with Gasteiger partial charge in [-0.15, -0.1) is 0 Å². The van der Waals surface area contributed by atoms with Crippen molar-refractivity contribution in [2.45, 2.75) is 25.9 Å². The number of methoxy groups -OCH3 is 1. The van der Waals surface area contributed by atoms with Gasteiger partial charge in [0.2, 0.25) is 0 Å². The molecular formula is C26H23BrFNO3. The number of hydrogen-bond acceptors (Lipinski definition) is 4. The number of rotatable bonds is 6. The van der Waals surface area contributed by atoms with Crippen LogP contribution < -0.4 is 10.5 Å². The normalized spacial score (nSPS) is 13.3. The van der Waals surface area contributed by atoms with E-state index in [0.717, 1.165) is 51.7 Å². The molecule has 0 aromatic heterocycles. The molecule has 0 unspecified atom stereocenters. The molecule has 0 radical (unpaired) electrons. The summed E-state index contributed by atoms with van der Waals surface area (Å²) in [5, 5.41) is 0. The highest BCUT2D eigenvalue weighted by atomic mass is 79.9. The third kappa shape index (κ3) is 4.86. The molecule has 0 saturated heterocycles. The van der Waals surface area contributed by atoms with Crippen molar-refractivity contribution in [3.63, 3.8) is 0 Å². The molecule has 0 fully saturated rings. The number of anilines is 1. The molecule has 0 spiro atoms. The van der Waals surface area contributed by atoms with Gasteiger partial charge < -0.3 is 15.2 Å². The van der Waals surface area contributed by atoms with Crippen LogP contribution >= 0.6 is 15.9 Å². The summed E-state index contributed by atoms with van der Waals surface area (Å²) in [6.45, 7) is 0.336. The van der Waals surface area contributed by atoms with E-state index in [1.807, 2.05) is 30.3 Å². The molecule has 0 heterocycles. The number of nitrogen functional groups attached to an aromatic ring is 1. The number of halogens is 2. The van der Waals surface area contributed by atoms with Crippen LogP contribution in [0.1, 0.15) is 46.3 Å². The predicted octanol–water partition coefficient (Wildman–Crippen LogP) is 6.63. The molecular weight excluding hydrogens is 473 g/mol. The van der Waals surface area contributed by atoms with E-state index in [0.29, 0.717) is 17.9 Å². The molecule has 2 N–H and O–H groups in total. The summed E-state index contributed by atoms with van der Waals surface area (Å²) in [4.78, 5) is 12.1. The summed E-state index contributed by atoms with van der Waals surface area (Å²) in [5.41, 5.74) is 12.2. The number of carbonyl (C=O) groups is 1. The Morgan fingerprint density at radius 1 is 1.03 bits per heavy atom. The first-order valence-corrected chi connectivity index (χ1v) is 11.1. The maximum Gasteiger partial charge on any atom is 0.337 e. The van der Waals surface area contributed by atoms with Crippen molar-refractivity contribution in [2.75, 3.05) is 12.8 Å². The van der Waals surface area contributed by atoms with Gasteiger partial charge in [-0.1, -0.05) is 28.1 Å². The van der Waals surface area contributed by atoms with Crippen molar-refractivity contribution < 1.29 is 18.7 Å². The maximum absolute atomic E-state index is 13.2. The zero-order valence-corrected chi connectivity index (χ0v) is 19.2. The topological polar surface area (TPSA) is 61.5 Å². The smallest absolute Gasteiger partial charge is 0.337 e. The highest BCUT2D eigenvalue weighted by molar-refractivity contribution is 9.10. The molecule has 1 aliphatic rings. The summed E-state index contributed by atoms with van der Waals surface area (Å²) in [7, 11) is 1.36.